The van der Waals surface area contributed by atoms with Gasteiger partial charge in [0, 0.05) is 77.2 Å². The molecular weight excluding hydrogens is 693 g/mol. The molecule has 3 amide bonds. The van der Waals surface area contributed by atoms with Crippen molar-refractivity contribution in [2.24, 2.45) is 5.92 Å². The molecule has 0 spiro atoms. The van der Waals surface area contributed by atoms with Gasteiger partial charge in [0.2, 0.25) is 22.9 Å². The minimum Gasteiger partial charge on any atom is -0.387 e. The maximum absolute atomic E-state index is 13.2. The van der Waals surface area contributed by atoms with Crippen LogP contribution >= 0.6 is 11.3 Å². The van der Waals surface area contributed by atoms with Gasteiger partial charge < -0.3 is 20.0 Å². The SMILES string of the molecule is CNc1cc(-c2ccc3cc(C#N)cnn23)ncc1-c1nnc(N2CCN(C(=O)CC[C@@H]3CCN(c4ccc([C@@H]5CCC(=O)NC5=O)cn4)C3)CC2)s1. The summed E-state index contributed by atoms with van der Waals surface area (Å²) in [5, 5.41) is 29.9. The molecule has 15 nitrogen and oxygen atoms in total. The van der Waals surface area contributed by atoms with Crippen LogP contribution in [0.25, 0.3) is 27.5 Å². The normalized spacial score (nSPS) is 19.1. The zero-order valence-corrected chi connectivity index (χ0v) is 30.1. The molecule has 3 aliphatic rings. The molecule has 3 saturated heterocycles. The number of nitriles is 1. The second-order valence-electron chi connectivity index (χ2n) is 13.6. The van der Waals surface area contributed by atoms with Crippen molar-refractivity contribution in [3.8, 4) is 28.0 Å². The number of piperidine rings is 1. The minimum absolute atomic E-state index is 0.189. The maximum atomic E-state index is 13.2. The first-order valence-electron chi connectivity index (χ1n) is 17.8. The third-order valence-corrected chi connectivity index (χ3v) is 11.4. The van der Waals surface area contributed by atoms with Gasteiger partial charge in [-0.3, -0.25) is 24.7 Å². The number of aromatic nitrogens is 6. The van der Waals surface area contributed by atoms with E-state index < -0.39 is 0 Å². The smallest absolute Gasteiger partial charge is 0.234 e. The number of nitrogens with zero attached hydrogens (tertiary/aromatic N) is 10. The molecule has 0 saturated carbocycles. The molecule has 8 rings (SSSR count). The molecule has 53 heavy (non-hydrogen) atoms. The number of anilines is 3. The van der Waals surface area contributed by atoms with E-state index in [1.165, 1.54) is 11.3 Å². The molecule has 0 aromatic carbocycles. The Kier molecular flexibility index (Phi) is 9.40. The second-order valence-corrected chi connectivity index (χ2v) is 14.6. The molecule has 0 radical (unpaired) electrons. The summed E-state index contributed by atoms with van der Waals surface area (Å²) in [6.45, 7) is 4.40. The molecule has 270 valence electrons. The van der Waals surface area contributed by atoms with Gasteiger partial charge in [-0.05, 0) is 61.1 Å². The maximum Gasteiger partial charge on any atom is 0.234 e. The van der Waals surface area contributed by atoms with Crippen LogP contribution in [0.5, 0.6) is 0 Å². The van der Waals surface area contributed by atoms with Gasteiger partial charge in [0.05, 0.1) is 40.1 Å². The fraction of sp³-hybridized carbons (Fsp3) is 0.378. The summed E-state index contributed by atoms with van der Waals surface area (Å²) in [5.41, 5.74) is 5.41. The topological polar surface area (TPSA) is 178 Å². The van der Waals surface area contributed by atoms with E-state index >= 15 is 0 Å². The van der Waals surface area contributed by atoms with Crippen LogP contribution in [0.15, 0.2) is 55.0 Å². The summed E-state index contributed by atoms with van der Waals surface area (Å²) in [4.78, 5) is 52.7. The van der Waals surface area contributed by atoms with Crippen LogP contribution in [0.1, 0.15) is 49.1 Å². The standard InChI is InChI=1S/C37H38N12O3S/c1-39-29-17-30(31-6-4-26-16-24(18-38)19-42-49(26)31)40-21-28(29)36-44-45-37(53-36)47-14-12-46(13-15-47)34(51)9-2-23-10-11-48(22-23)32-7-3-25(20-41-32)27-5-8-33(50)43-35(27)52/h3-4,6-7,16-17,19-21,23,27H,2,5,8-15,22H2,1H3,(H,39,40)(H,43,50,52)/t23-,27+/m1/s1. The Morgan fingerprint density at radius 1 is 1.00 bits per heavy atom. The predicted molar refractivity (Wildman–Crippen MR) is 199 cm³/mol. The van der Waals surface area contributed by atoms with Crippen molar-refractivity contribution >= 4 is 51.2 Å². The molecule has 0 unspecified atom stereocenters. The van der Waals surface area contributed by atoms with E-state index in [4.69, 9.17) is 4.98 Å². The van der Waals surface area contributed by atoms with Crippen molar-refractivity contribution in [2.45, 2.75) is 38.0 Å². The molecule has 8 heterocycles. The highest BCUT2D eigenvalue weighted by Gasteiger charge is 2.30. The van der Waals surface area contributed by atoms with E-state index in [-0.39, 0.29) is 23.6 Å². The van der Waals surface area contributed by atoms with E-state index in [9.17, 15) is 19.6 Å². The van der Waals surface area contributed by atoms with Crippen molar-refractivity contribution in [3.05, 3.63) is 66.1 Å². The van der Waals surface area contributed by atoms with Crippen LogP contribution in [0, 0.1) is 17.2 Å². The van der Waals surface area contributed by atoms with Crippen LogP contribution in [0.4, 0.5) is 16.6 Å². The monoisotopic (exact) mass is 730 g/mol. The highest BCUT2D eigenvalue weighted by atomic mass is 32.1. The lowest BCUT2D eigenvalue weighted by molar-refractivity contribution is -0.134. The summed E-state index contributed by atoms with van der Waals surface area (Å²) in [5.74, 6) is 0.671. The number of nitrogens with one attached hydrogen (secondary N) is 2. The molecule has 3 fully saturated rings. The largest absolute Gasteiger partial charge is 0.387 e. The highest BCUT2D eigenvalue weighted by molar-refractivity contribution is 7.18. The van der Waals surface area contributed by atoms with Gasteiger partial charge in [0.15, 0.2) is 5.01 Å². The molecule has 0 aliphatic carbocycles. The van der Waals surface area contributed by atoms with Crippen molar-refractivity contribution in [3.63, 3.8) is 0 Å². The molecule has 5 aromatic rings. The first kappa shape index (κ1) is 34.2. The van der Waals surface area contributed by atoms with Gasteiger partial charge >= 0.3 is 0 Å². The first-order chi connectivity index (χ1) is 25.9. The lowest BCUT2D eigenvalue weighted by atomic mass is 9.92. The molecule has 3 aliphatic heterocycles. The molecular formula is C37H38N12O3S. The Hall–Kier alpha value is -5.95. The molecule has 5 aromatic heterocycles. The molecule has 2 N–H and O–H groups in total. The molecule has 0 bridgehead atoms. The van der Waals surface area contributed by atoms with Gasteiger partial charge in [-0.2, -0.15) is 10.4 Å². The number of carbonyl (C=O) groups excluding carboxylic acids is 3. The Morgan fingerprint density at radius 3 is 2.64 bits per heavy atom. The fourth-order valence-corrected chi connectivity index (χ4v) is 8.31. The number of hydrogen-bond donors (Lipinski definition) is 2. The number of carbonyl (C=O) groups is 3. The predicted octanol–water partition coefficient (Wildman–Crippen LogP) is 3.70. The van der Waals surface area contributed by atoms with Crippen molar-refractivity contribution in [1.29, 1.82) is 5.26 Å². The van der Waals surface area contributed by atoms with Gasteiger partial charge in [0.1, 0.15) is 11.9 Å². The van der Waals surface area contributed by atoms with Crippen LogP contribution in [-0.4, -0.2) is 98.7 Å². The van der Waals surface area contributed by atoms with Crippen molar-refractivity contribution < 1.29 is 14.4 Å². The number of fused-ring (bicyclic) bond motifs is 1. The van der Waals surface area contributed by atoms with Crippen LogP contribution < -0.4 is 20.4 Å². The number of imide groups is 1. The number of piperazine rings is 1. The van der Waals surface area contributed by atoms with Gasteiger partial charge in [-0.25, -0.2) is 9.50 Å². The van der Waals surface area contributed by atoms with Crippen LogP contribution in [0.2, 0.25) is 0 Å². The fourth-order valence-electron chi connectivity index (χ4n) is 7.39. The molecule has 2 atom stereocenters. The Morgan fingerprint density at radius 2 is 1.87 bits per heavy atom. The summed E-state index contributed by atoms with van der Waals surface area (Å²) < 4.78 is 1.77. The molecule has 16 heteroatoms. The lowest BCUT2D eigenvalue weighted by Gasteiger charge is -2.34. The number of pyridine rings is 2. The Balaban J connectivity index is 0.822. The Labute approximate surface area is 309 Å². The third-order valence-electron chi connectivity index (χ3n) is 10.4. The third kappa shape index (κ3) is 6.99. The van der Waals surface area contributed by atoms with Crippen molar-refractivity contribution in [1.82, 2.24) is 40.0 Å². The highest BCUT2D eigenvalue weighted by Crippen LogP contribution is 2.36. The number of hydrogen-bond acceptors (Lipinski definition) is 13. The van der Waals surface area contributed by atoms with Gasteiger partial charge in [0.25, 0.3) is 0 Å². The summed E-state index contributed by atoms with van der Waals surface area (Å²) >= 11 is 1.51. The van der Waals surface area contributed by atoms with Crippen LogP contribution in [0.3, 0.4) is 0 Å². The van der Waals surface area contributed by atoms with Crippen LogP contribution in [-0.2, 0) is 14.4 Å². The zero-order valence-electron chi connectivity index (χ0n) is 29.2. The number of amides is 3. The second kappa shape index (κ2) is 14.6. The van der Waals surface area contributed by atoms with E-state index in [1.54, 1.807) is 29.2 Å². The summed E-state index contributed by atoms with van der Waals surface area (Å²) in [7, 11) is 1.86. The lowest BCUT2D eigenvalue weighted by Crippen LogP contribution is -2.48. The summed E-state index contributed by atoms with van der Waals surface area (Å²) in [6, 6.07) is 13.6. The van der Waals surface area contributed by atoms with Gasteiger partial charge in [-0.1, -0.05) is 17.4 Å². The zero-order chi connectivity index (χ0) is 36.5. The van der Waals surface area contributed by atoms with Gasteiger partial charge in [-0.15, -0.1) is 10.2 Å². The average Bonchev–Trinajstić information content (AvgIpc) is 3.97. The van der Waals surface area contributed by atoms with Crippen molar-refractivity contribution in [2.75, 3.05) is 61.4 Å². The van der Waals surface area contributed by atoms with E-state index in [2.05, 4.69) is 46.8 Å². The first-order valence-corrected chi connectivity index (χ1v) is 18.7. The Bertz CT molecular complexity index is 2220. The average molecular weight is 731 g/mol. The summed E-state index contributed by atoms with van der Waals surface area (Å²) in [6.07, 6.45) is 8.31. The minimum atomic E-state index is -0.338. The number of rotatable bonds is 9. The quantitative estimate of drug-likeness (QED) is 0.211. The van der Waals surface area contributed by atoms with E-state index in [1.807, 2.05) is 42.3 Å². The van der Waals surface area contributed by atoms with E-state index in [0.29, 0.717) is 56.9 Å². The van der Waals surface area contributed by atoms with E-state index in [0.717, 1.165) is 75.6 Å².